The van der Waals surface area contributed by atoms with E-state index in [0.29, 0.717) is 47.5 Å². The van der Waals surface area contributed by atoms with Crippen LogP contribution in [-0.4, -0.2) is 43.0 Å². The van der Waals surface area contributed by atoms with Gasteiger partial charge >= 0.3 is 0 Å². The Balaban J connectivity index is 1.42. The van der Waals surface area contributed by atoms with Crippen LogP contribution >= 0.6 is 0 Å². The van der Waals surface area contributed by atoms with E-state index in [0.717, 1.165) is 90.5 Å². The van der Waals surface area contributed by atoms with Gasteiger partial charge in [-0.3, -0.25) is 20.2 Å². The smallest absolute Gasteiger partial charge is 0.269 e. The van der Waals surface area contributed by atoms with E-state index in [1.807, 2.05) is 60.7 Å². The Kier molecular flexibility index (Phi) is 10.9. The molecule has 4 aliphatic rings. The number of nitro groups is 2. The molecule has 68 heavy (non-hydrogen) atoms. The molecular formula is C56H50N6O6. The van der Waals surface area contributed by atoms with Crippen LogP contribution in [0.4, 0.5) is 11.4 Å². The van der Waals surface area contributed by atoms with Crippen LogP contribution in [-0.2, 0) is 10.8 Å². The van der Waals surface area contributed by atoms with Crippen molar-refractivity contribution in [3.8, 4) is 56.0 Å². The van der Waals surface area contributed by atoms with E-state index in [1.165, 1.54) is 24.3 Å². The molecule has 0 spiro atoms. The van der Waals surface area contributed by atoms with Crippen LogP contribution in [0.2, 0.25) is 0 Å². The van der Waals surface area contributed by atoms with Crippen LogP contribution in [0.5, 0.6) is 11.5 Å². The second-order valence-corrected chi connectivity index (χ2v) is 19.4. The quantitative estimate of drug-likeness (QED) is 0.130. The molecule has 0 aliphatic carbocycles. The standard InChI is InChI=1S/C56H50N6O6/c1-55(2,3)35-13-27-49-39(31-35)53-45-23-19-41(57-45)51(33-9-15-37(16-10-33)61(63)64)43-21-25-47(59-43)54(40-32-36(56(4,5)6)14-28-50(40)68-30-8-7-29-67-49)48-26-22-44(60-48)52(42-20-24-46(53)58-42)34-11-17-38(18-12-34)62(65)66/h9-28,31-32,57,60H,7-8,29-30H2,1-6H3. The number of rotatable bonds is 4. The highest BCUT2D eigenvalue weighted by Crippen LogP contribution is 2.44. The molecule has 0 radical (unpaired) electrons. The summed E-state index contributed by atoms with van der Waals surface area (Å²) in [7, 11) is 0. The van der Waals surface area contributed by atoms with E-state index in [-0.39, 0.29) is 22.2 Å². The number of hydrogen-bond acceptors (Lipinski definition) is 8. The topological polar surface area (TPSA) is 162 Å². The molecule has 7 aromatic rings. The SMILES string of the molecule is CC(C)(C)c1ccc2c(c1)-c1c3nc(c(-c4ccc([N+](=O)[O-])cc4)c4ccc([nH]4)c(c4nc(c(-c5ccc([N+](=O)[O-])cc5)c5ccc1[nH]5)C=C4)-c1cc(C(C)(C)C)ccc1OCCCCO2)C=C3. The predicted molar refractivity (Wildman–Crippen MR) is 272 cm³/mol. The Morgan fingerprint density at radius 1 is 0.471 bits per heavy atom. The van der Waals surface area contributed by atoms with E-state index < -0.39 is 9.85 Å². The highest BCUT2D eigenvalue weighted by molar-refractivity contribution is 6.01. The van der Waals surface area contributed by atoms with Crippen LogP contribution in [0.3, 0.4) is 0 Å². The normalized spacial score (nSPS) is 13.6. The summed E-state index contributed by atoms with van der Waals surface area (Å²) in [5.41, 5.74) is 13.7. The third kappa shape index (κ3) is 8.23. The summed E-state index contributed by atoms with van der Waals surface area (Å²) >= 11 is 0. The van der Waals surface area contributed by atoms with Gasteiger partial charge in [0.15, 0.2) is 0 Å². The number of fused-ring (bicyclic) bond motifs is 5. The van der Waals surface area contributed by atoms with Crippen molar-refractivity contribution >= 4 is 57.7 Å². The Labute approximate surface area is 393 Å². The van der Waals surface area contributed by atoms with Crippen LogP contribution in [0.15, 0.2) is 109 Å². The molecule has 0 fully saturated rings. The number of nitrogens with one attached hydrogen (secondary N) is 2. The molecule has 340 valence electrons. The molecule has 11 rings (SSSR count). The summed E-state index contributed by atoms with van der Waals surface area (Å²) in [5, 5.41) is 23.8. The van der Waals surface area contributed by atoms with Gasteiger partial charge in [-0.05, 0) is 143 Å². The molecule has 7 heterocycles. The largest absolute Gasteiger partial charge is 0.493 e. The summed E-state index contributed by atoms with van der Waals surface area (Å²) in [4.78, 5) is 41.4. The first-order chi connectivity index (χ1) is 32.6. The lowest BCUT2D eigenvalue weighted by Crippen LogP contribution is -2.12. The van der Waals surface area contributed by atoms with Crippen LogP contribution < -0.4 is 9.47 Å². The van der Waals surface area contributed by atoms with Crippen LogP contribution in [0.1, 0.15) is 88.3 Å². The van der Waals surface area contributed by atoms with Crippen LogP contribution in [0.25, 0.3) is 90.9 Å². The molecule has 0 saturated heterocycles. The van der Waals surface area contributed by atoms with Crippen molar-refractivity contribution in [2.45, 2.75) is 65.2 Å². The van der Waals surface area contributed by atoms with E-state index in [4.69, 9.17) is 19.4 Å². The van der Waals surface area contributed by atoms with E-state index in [1.54, 1.807) is 24.3 Å². The zero-order chi connectivity index (χ0) is 47.5. The lowest BCUT2D eigenvalue weighted by atomic mass is 9.85. The maximum atomic E-state index is 11.9. The third-order valence-corrected chi connectivity index (χ3v) is 12.8. The Hall–Kier alpha value is -8.12. The Bertz CT molecular complexity index is 3190. The molecule has 2 N–H and O–H groups in total. The predicted octanol–water partition coefficient (Wildman–Crippen LogP) is 14.3. The lowest BCUT2D eigenvalue weighted by molar-refractivity contribution is -0.385. The summed E-state index contributed by atoms with van der Waals surface area (Å²) in [6.07, 6.45) is 9.47. The van der Waals surface area contributed by atoms with Gasteiger partial charge in [-0.1, -0.05) is 53.7 Å². The third-order valence-electron chi connectivity index (χ3n) is 12.8. The molecule has 12 nitrogen and oxygen atoms in total. The van der Waals surface area contributed by atoms with E-state index in [2.05, 4.69) is 75.8 Å². The summed E-state index contributed by atoms with van der Waals surface area (Å²) in [6.45, 7) is 14.0. The molecule has 0 amide bonds. The molecule has 0 atom stereocenters. The van der Waals surface area contributed by atoms with Crippen molar-refractivity contribution in [2.24, 2.45) is 0 Å². The molecule has 0 unspecified atom stereocenters. The van der Waals surface area contributed by atoms with Gasteiger partial charge in [-0.2, -0.15) is 0 Å². The molecule has 4 aromatic carbocycles. The zero-order valence-electron chi connectivity index (χ0n) is 38.8. The van der Waals surface area contributed by atoms with Crippen molar-refractivity contribution in [2.75, 3.05) is 13.2 Å². The van der Waals surface area contributed by atoms with Gasteiger partial charge in [0.05, 0.1) is 45.8 Å². The van der Waals surface area contributed by atoms with Gasteiger partial charge < -0.3 is 19.4 Å². The number of hydrogen-bond donors (Lipinski definition) is 2. The van der Waals surface area contributed by atoms with E-state index >= 15 is 0 Å². The molecule has 10 bridgehead atoms. The van der Waals surface area contributed by atoms with Crippen molar-refractivity contribution < 1.29 is 19.3 Å². The number of ether oxygens (including phenoxy) is 2. The summed E-state index contributed by atoms with van der Waals surface area (Å²) < 4.78 is 13.5. The fraction of sp³-hybridized carbons (Fsp3) is 0.214. The lowest BCUT2D eigenvalue weighted by Gasteiger charge is -2.22. The minimum absolute atomic E-state index is 0.0162. The monoisotopic (exact) mass is 902 g/mol. The number of aromatic amines is 2. The van der Waals surface area contributed by atoms with Gasteiger partial charge in [-0.15, -0.1) is 0 Å². The number of nitrogens with zero attached hydrogens (tertiary/aromatic N) is 4. The first kappa shape index (κ1) is 43.8. The number of nitro benzene ring substituents is 2. The highest BCUT2D eigenvalue weighted by atomic mass is 16.6. The molecular weight excluding hydrogens is 853 g/mol. The number of aromatic nitrogens is 4. The van der Waals surface area contributed by atoms with Crippen LogP contribution in [0, 0.1) is 20.2 Å². The minimum Gasteiger partial charge on any atom is -0.493 e. The zero-order valence-corrected chi connectivity index (χ0v) is 38.8. The van der Waals surface area contributed by atoms with Crippen molar-refractivity contribution in [3.63, 3.8) is 0 Å². The first-order valence-electron chi connectivity index (χ1n) is 22.8. The van der Waals surface area contributed by atoms with Gasteiger partial charge in [-0.25, -0.2) is 9.97 Å². The fourth-order valence-electron chi connectivity index (χ4n) is 9.08. The number of benzene rings is 4. The molecule has 4 aliphatic heterocycles. The maximum Gasteiger partial charge on any atom is 0.269 e. The fourth-order valence-corrected chi connectivity index (χ4v) is 9.08. The first-order valence-corrected chi connectivity index (χ1v) is 22.8. The Morgan fingerprint density at radius 2 is 0.809 bits per heavy atom. The van der Waals surface area contributed by atoms with Crippen molar-refractivity contribution in [1.82, 2.24) is 19.9 Å². The molecule has 3 aromatic heterocycles. The summed E-state index contributed by atoms with van der Waals surface area (Å²) in [5.74, 6) is 1.39. The van der Waals surface area contributed by atoms with Crippen molar-refractivity contribution in [1.29, 1.82) is 0 Å². The number of non-ortho nitro benzene ring substituents is 2. The Morgan fingerprint density at radius 3 is 1.15 bits per heavy atom. The second kappa shape index (κ2) is 16.9. The number of H-pyrrole nitrogens is 2. The average Bonchev–Trinajstić information content (AvgIpc) is 4.16. The minimum atomic E-state index is -0.397. The van der Waals surface area contributed by atoms with E-state index in [9.17, 15) is 20.2 Å². The summed E-state index contributed by atoms with van der Waals surface area (Å²) in [6, 6.07) is 33.9. The van der Waals surface area contributed by atoms with Crippen molar-refractivity contribution in [3.05, 3.63) is 163 Å². The maximum absolute atomic E-state index is 11.9. The average molecular weight is 903 g/mol. The van der Waals surface area contributed by atoms with Gasteiger partial charge in [0.25, 0.3) is 11.4 Å². The van der Waals surface area contributed by atoms with Gasteiger partial charge in [0.2, 0.25) is 0 Å². The molecule has 12 heteroatoms. The second-order valence-electron chi connectivity index (χ2n) is 19.4. The highest BCUT2D eigenvalue weighted by Gasteiger charge is 2.25. The van der Waals surface area contributed by atoms with Gasteiger partial charge in [0, 0.05) is 79.7 Å². The van der Waals surface area contributed by atoms with Gasteiger partial charge in [0.1, 0.15) is 11.5 Å². The molecule has 0 saturated carbocycles.